The van der Waals surface area contributed by atoms with Crippen molar-refractivity contribution in [2.45, 2.75) is 6.42 Å². The molecule has 0 saturated carbocycles. The molecule has 0 aromatic heterocycles. The summed E-state index contributed by atoms with van der Waals surface area (Å²) in [5.41, 5.74) is 2.47. The van der Waals surface area contributed by atoms with Gasteiger partial charge in [0, 0.05) is 17.7 Å². The number of benzene rings is 3. The van der Waals surface area contributed by atoms with Crippen LogP contribution in [0.2, 0.25) is 0 Å². The Morgan fingerprint density at radius 2 is 1.84 bits per heavy atom. The smallest absolute Gasteiger partial charge is 0.211 e. The van der Waals surface area contributed by atoms with Crippen LogP contribution in [-0.4, -0.2) is 7.11 Å². The normalized spacial score (nSPS) is 13.0. The number of rotatable bonds is 3. The maximum absolute atomic E-state index is 9.57. The maximum atomic E-state index is 9.57. The van der Waals surface area contributed by atoms with Crippen molar-refractivity contribution in [2.24, 2.45) is 0 Å². The first-order valence-electron chi connectivity index (χ1n) is 8.01. The molecule has 0 saturated heterocycles. The SMILES string of the molecule is COc1ccc(NC2=C(C#N)Cc3c(ccc4ccccc34)O2)cc1. The second-order valence-corrected chi connectivity index (χ2v) is 5.82. The molecule has 4 rings (SSSR count). The number of nitrogens with one attached hydrogen (secondary N) is 1. The third-order valence-electron chi connectivity index (χ3n) is 4.32. The van der Waals surface area contributed by atoms with E-state index in [1.54, 1.807) is 7.11 Å². The average Bonchev–Trinajstić information content (AvgIpc) is 2.68. The molecular weight excluding hydrogens is 312 g/mol. The number of methoxy groups -OCH3 is 1. The molecule has 0 amide bonds. The first-order valence-corrected chi connectivity index (χ1v) is 8.01. The molecule has 3 aromatic carbocycles. The van der Waals surface area contributed by atoms with Gasteiger partial charge >= 0.3 is 0 Å². The van der Waals surface area contributed by atoms with E-state index in [0.717, 1.165) is 33.5 Å². The number of allylic oxidation sites excluding steroid dienone is 1. The topological polar surface area (TPSA) is 54.3 Å². The van der Waals surface area contributed by atoms with Crippen molar-refractivity contribution in [3.8, 4) is 17.6 Å². The fourth-order valence-electron chi connectivity index (χ4n) is 3.02. The summed E-state index contributed by atoms with van der Waals surface area (Å²) in [6.07, 6.45) is 0.547. The molecule has 0 radical (unpaired) electrons. The van der Waals surface area contributed by atoms with E-state index in [4.69, 9.17) is 9.47 Å². The Labute approximate surface area is 145 Å². The molecule has 1 aliphatic rings. The summed E-state index contributed by atoms with van der Waals surface area (Å²) in [5.74, 6) is 2.05. The zero-order valence-electron chi connectivity index (χ0n) is 13.7. The van der Waals surface area contributed by atoms with Crippen LogP contribution >= 0.6 is 0 Å². The highest BCUT2D eigenvalue weighted by atomic mass is 16.5. The van der Waals surface area contributed by atoms with E-state index < -0.39 is 0 Å². The fourth-order valence-corrected chi connectivity index (χ4v) is 3.02. The first-order chi connectivity index (χ1) is 12.3. The molecule has 0 unspecified atom stereocenters. The van der Waals surface area contributed by atoms with Crippen LogP contribution < -0.4 is 14.8 Å². The lowest BCUT2D eigenvalue weighted by Crippen LogP contribution is -2.16. The summed E-state index contributed by atoms with van der Waals surface area (Å²) >= 11 is 0. The Bertz CT molecular complexity index is 1010. The lowest BCUT2D eigenvalue weighted by atomic mass is 9.96. The van der Waals surface area contributed by atoms with Crippen LogP contribution in [0.5, 0.6) is 11.5 Å². The highest BCUT2D eigenvalue weighted by Gasteiger charge is 2.22. The molecule has 3 aromatic rings. The van der Waals surface area contributed by atoms with Crippen molar-refractivity contribution in [1.29, 1.82) is 5.26 Å². The fraction of sp³-hybridized carbons (Fsp3) is 0.0952. The number of nitriles is 1. The van der Waals surface area contributed by atoms with E-state index in [-0.39, 0.29) is 0 Å². The molecule has 0 bridgehead atoms. The minimum absolute atomic E-state index is 0.482. The summed E-state index contributed by atoms with van der Waals surface area (Å²) in [6, 6.07) is 21.9. The third-order valence-corrected chi connectivity index (χ3v) is 4.32. The minimum Gasteiger partial charge on any atom is -0.497 e. The van der Waals surface area contributed by atoms with Crippen LogP contribution in [0, 0.1) is 11.3 Å². The van der Waals surface area contributed by atoms with Crippen molar-refractivity contribution < 1.29 is 9.47 Å². The molecule has 122 valence electrons. The van der Waals surface area contributed by atoms with Crippen molar-refractivity contribution in [1.82, 2.24) is 0 Å². The molecule has 0 spiro atoms. The highest BCUT2D eigenvalue weighted by Crippen LogP contribution is 2.35. The van der Waals surface area contributed by atoms with Gasteiger partial charge in [-0.05, 0) is 41.1 Å². The molecule has 1 aliphatic heterocycles. The van der Waals surface area contributed by atoms with Gasteiger partial charge in [-0.25, -0.2) is 0 Å². The molecule has 0 atom stereocenters. The minimum atomic E-state index is 0.482. The molecule has 1 N–H and O–H groups in total. The highest BCUT2D eigenvalue weighted by molar-refractivity contribution is 5.88. The number of hydrogen-bond acceptors (Lipinski definition) is 4. The quantitative estimate of drug-likeness (QED) is 0.761. The zero-order chi connectivity index (χ0) is 17.2. The average molecular weight is 328 g/mol. The van der Waals surface area contributed by atoms with E-state index in [1.165, 1.54) is 0 Å². The second-order valence-electron chi connectivity index (χ2n) is 5.82. The lowest BCUT2D eigenvalue weighted by Gasteiger charge is -2.22. The van der Waals surface area contributed by atoms with Gasteiger partial charge < -0.3 is 14.8 Å². The van der Waals surface area contributed by atoms with Gasteiger partial charge in [-0.1, -0.05) is 30.3 Å². The largest absolute Gasteiger partial charge is 0.497 e. The van der Waals surface area contributed by atoms with Crippen LogP contribution in [0.1, 0.15) is 5.56 Å². The Hall–Kier alpha value is -3.45. The van der Waals surface area contributed by atoms with Gasteiger partial charge in [0.25, 0.3) is 0 Å². The number of hydrogen-bond donors (Lipinski definition) is 1. The Morgan fingerprint density at radius 1 is 1.04 bits per heavy atom. The Balaban J connectivity index is 1.69. The molecule has 4 heteroatoms. The number of nitrogens with zero attached hydrogens (tertiary/aromatic N) is 1. The van der Waals surface area contributed by atoms with Gasteiger partial charge in [0.2, 0.25) is 5.88 Å². The van der Waals surface area contributed by atoms with E-state index in [2.05, 4.69) is 23.5 Å². The Kier molecular flexibility index (Phi) is 3.75. The van der Waals surface area contributed by atoms with Gasteiger partial charge in [-0.3, -0.25) is 0 Å². The van der Waals surface area contributed by atoms with Crippen molar-refractivity contribution in [3.05, 3.63) is 77.7 Å². The van der Waals surface area contributed by atoms with Crippen molar-refractivity contribution >= 4 is 16.5 Å². The van der Waals surface area contributed by atoms with Gasteiger partial charge in [-0.2, -0.15) is 5.26 Å². The van der Waals surface area contributed by atoms with E-state index in [1.807, 2.05) is 48.5 Å². The van der Waals surface area contributed by atoms with Gasteiger partial charge in [0.1, 0.15) is 17.6 Å². The standard InChI is InChI=1S/C21H16N2O2/c1-24-17-9-7-16(8-10-17)23-21-15(13-22)12-19-18-5-3-2-4-14(18)6-11-20(19)25-21/h2-11,23H,12H2,1H3. The summed E-state index contributed by atoms with van der Waals surface area (Å²) in [5, 5.41) is 15.0. The lowest BCUT2D eigenvalue weighted by molar-refractivity contribution is 0.411. The zero-order valence-corrected chi connectivity index (χ0v) is 13.7. The molecule has 4 nitrogen and oxygen atoms in total. The molecule has 25 heavy (non-hydrogen) atoms. The van der Waals surface area contributed by atoms with Crippen LogP contribution in [0.4, 0.5) is 5.69 Å². The summed E-state index contributed by atoms with van der Waals surface area (Å²) < 4.78 is 11.2. The Morgan fingerprint density at radius 3 is 2.60 bits per heavy atom. The van der Waals surface area contributed by atoms with Crippen LogP contribution in [0.25, 0.3) is 10.8 Å². The molecule has 1 heterocycles. The third kappa shape index (κ3) is 2.77. The maximum Gasteiger partial charge on any atom is 0.211 e. The molecular formula is C21H16N2O2. The summed E-state index contributed by atoms with van der Waals surface area (Å²) in [7, 11) is 1.63. The van der Waals surface area contributed by atoms with Crippen LogP contribution in [0.3, 0.4) is 0 Å². The first kappa shape index (κ1) is 15.1. The number of fused-ring (bicyclic) bond motifs is 3. The van der Waals surface area contributed by atoms with Crippen LogP contribution in [-0.2, 0) is 6.42 Å². The summed E-state index contributed by atoms with van der Waals surface area (Å²) in [6.45, 7) is 0. The van der Waals surface area contributed by atoms with E-state index in [0.29, 0.717) is 17.9 Å². The second kappa shape index (κ2) is 6.21. The van der Waals surface area contributed by atoms with E-state index in [9.17, 15) is 5.26 Å². The monoisotopic (exact) mass is 328 g/mol. The molecule has 0 fully saturated rings. The number of ether oxygens (including phenoxy) is 2. The van der Waals surface area contributed by atoms with Gasteiger partial charge in [0.15, 0.2) is 0 Å². The van der Waals surface area contributed by atoms with Crippen molar-refractivity contribution in [2.75, 3.05) is 12.4 Å². The summed E-state index contributed by atoms with van der Waals surface area (Å²) in [4.78, 5) is 0. The predicted molar refractivity (Wildman–Crippen MR) is 97.5 cm³/mol. The van der Waals surface area contributed by atoms with E-state index >= 15 is 0 Å². The predicted octanol–water partition coefficient (Wildman–Crippen LogP) is 4.63. The van der Waals surface area contributed by atoms with Crippen LogP contribution in [0.15, 0.2) is 72.1 Å². The van der Waals surface area contributed by atoms with Gasteiger partial charge in [0.05, 0.1) is 12.7 Å². The van der Waals surface area contributed by atoms with Crippen molar-refractivity contribution in [3.63, 3.8) is 0 Å². The number of anilines is 1. The van der Waals surface area contributed by atoms with Gasteiger partial charge in [-0.15, -0.1) is 0 Å². The molecule has 0 aliphatic carbocycles.